The fourth-order valence-electron chi connectivity index (χ4n) is 1.79. The third kappa shape index (κ3) is 5.52. The van der Waals surface area contributed by atoms with Crippen molar-refractivity contribution in [2.75, 3.05) is 0 Å². The van der Waals surface area contributed by atoms with Gasteiger partial charge in [0.15, 0.2) is 5.96 Å². The van der Waals surface area contributed by atoms with Crippen molar-refractivity contribution < 1.29 is 4.74 Å². The average Bonchev–Trinajstić information content (AvgIpc) is 2.31. The van der Waals surface area contributed by atoms with Gasteiger partial charge in [-0.3, -0.25) is 0 Å². The predicted molar refractivity (Wildman–Crippen MR) is 91.5 cm³/mol. The van der Waals surface area contributed by atoms with E-state index in [1.165, 1.54) is 6.42 Å². The van der Waals surface area contributed by atoms with Crippen LogP contribution in [-0.2, 0) is 6.54 Å². The molecule has 1 aromatic rings. The molecule has 0 spiro atoms. The fourth-order valence-corrected chi connectivity index (χ4v) is 1.79. The maximum absolute atomic E-state index is 5.76. The first-order valence-electron chi connectivity index (χ1n) is 6.81. The van der Waals surface area contributed by atoms with Crippen LogP contribution in [0.5, 0.6) is 5.88 Å². The Kier molecular flexibility index (Phi) is 7.04. The van der Waals surface area contributed by atoms with Gasteiger partial charge in [0.2, 0.25) is 5.88 Å². The van der Waals surface area contributed by atoms with E-state index in [0.29, 0.717) is 30.5 Å². The molecular weight excluding hydrogens is 367 g/mol. The van der Waals surface area contributed by atoms with E-state index in [9.17, 15) is 0 Å². The van der Waals surface area contributed by atoms with Gasteiger partial charge in [-0.05, 0) is 44.7 Å². The van der Waals surface area contributed by atoms with Crippen LogP contribution in [0.15, 0.2) is 23.3 Å². The van der Waals surface area contributed by atoms with Crippen LogP contribution in [0.25, 0.3) is 0 Å². The van der Waals surface area contributed by atoms with E-state index in [1.807, 2.05) is 26.0 Å². The molecule has 0 amide bonds. The van der Waals surface area contributed by atoms with Crippen LogP contribution in [0.1, 0.15) is 38.7 Å². The van der Waals surface area contributed by atoms with Gasteiger partial charge < -0.3 is 15.8 Å². The Balaban J connectivity index is 0.00000200. The number of nitrogens with two attached hydrogens (primary N) is 1. The lowest BCUT2D eigenvalue weighted by Crippen LogP contribution is -2.36. The lowest BCUT2D eigenvalue weighted by atomic mass is 9.96. The van der Waals surface area contributed by atoms with Crippen LogP contribution in [-0.4, -0.2) is 23.1 Å². The maximum Gasteiger partial charge on any atom is 0.213 e. The third-order valence-electron chi connectivity index (χ3n) is 3.01. The van der Waals surface area contributed by atoms with E-state index in [2.05, 4.69) is 15.3 Å². The summed E-state index contributed by atoms with van der Waals surface area (Å²) < 4.78 is 5.76. The molecule has 1 heterocycles. The molecule has 1 aromatic heterocycles. The van der Waals surface area contributed by atoms with Crippen molar-refractivity contribution in [1.82, 2.24) is 10.3 Å². The summed E-state index contributed by atoms with van der Waals surface area (Å²) in [5, 5.41) is 3.06. The van der Waals surface area contributed by atoms with Gasteiger partial charge in [0.1, 0.15) is 6.10 Å². The zero-order valence-electron chi connectivity index (χ0n) is 12.0. The second kappa shape index (κ2) is 8.28. The van der Waals surface area contributed by atoms with E-state index in [1.54, 1.807) is 6.20 Å². The number of nitrogens with one attached hydrogen (secondary N) is 1. The van der Waals surface area contributed by atoms with E-state index < -0.39 is 0 Å². The number of pyridine rings is 1. The molecular formula is C14H23IN4O. The number of hydrogen-bond donors (Lipinski definition) is 2. The first-order chi connectivity index (χ1) is 9.13. The normalized spacial score (nSPS) is 15.4. The number of hydrogen-bond acceptors (Lipinski definition) is 3. The minimum atomic E-state index is 0. The van der Waals surface area contributed by atoms with E-state index in [-0.39, 0.29) is 24.0 Å². The second-order valence-corrected chi connectivity index (χ2v) is 5.17. The highest BCUT2D eigenvalue weighted by molar-refractivity contribution is 14.0. The summed E-state index contributed by atoms with van der Waals surface area (Å²) >= 11 is 0. The van der Waals surface area contributed by atoms with Crippen molar-refractivity contribution >= 4 is 29.9 Å². The smallest absolute Gasteiger partial charge is 0.213 e. The van der Waals surface area contributed by atoms with Gasteiger partial charge in [0, 0.05) is 18.3 Å². The molecule has 1 aliphatic rings. The Labute approximate surface area is 137 Å². The molecule has 0 aliphatic heterocycles. The van der Waals surface area contributed by atoms with E-state index in [0.717, 1.165) is 18.4 Å². The molecule has 6 heteroatoms. The van der Waals surface area contributed by atoms with Crippen LogP contribution >= 0.6 is 24.0 Å². The fraction of sp³-hybridized carbons (Fsp3) is 0.571. The molecule has 1 aliphatic carbocycles. The van der Waals surface area contributed by atoms with Crippen molar-refractivity contribution in [1.29, 1.82) is 0 Å². The summed E-state index contributed by atoms with van der Waals surface area (Å²) in [5.41, 5.74) is 6.82. The second-order valence-electron chi connectivity index (χ2n) is 5.17. The van der Waals surface area contributed by atoms with Crippen molar-refractivity contribution in [3.63, 3.8) is 0 Å². The van der Waals surface area contributed by atoms with Gasteiger partial charge >= 0.3 is 0 Å². The summed E-state index contributed by atoms with van der Waals surface area (Å²) in [4.78, 5) is 8.51. The Morgan fingerprint density at radius 2 is 2.30 bits per heavy atom. The lowest BCUT2D eigenvalue weighted by molar-refractivity contribution is 0.114. The van der Waals surface area contributed by atoms with Crippen LogP contribution in [0.3, 0.4) is 0 Å². The van der Waals surface area contributed by atoms with Gasteiger partial charge in [-0.15, -0.1) is 24.0 Å². The predicted octanol–water partition coefficient (Wildman–Crippen LogP) is 2.44. The number of halogens is 1. The Hall–Kier alpha value is -1.05. The largest absolute Gasteiger partial charge is 0.474 e. The molecule has 0 radical (unpaired) electrons. The van der Waals surface area contributed by atoms with Gasteiger partial charge in [0.25, 0.3) is 0 Å². The first kappa shape index (κ1) is 17.0. The van der Waals surface area contributed by atoms with Crippen molar-refractivity contribution in [2.45, 2.75) is 51.8 Å². The molecule has 1 fully saturated rings. The highest BCUT2D eigenvalue weighted by Gasteiger charge is 2.19. The quantitative estimate of drug-likeness (QED) is 0.460. The maximum atomic E-state index is 5.76. The molecule has 112 valence electrons. The lowest BCUT2D eigenvalue weighted by Gasteiger charge is -2.25. The number of ether oxygens (including phenoxy) is 1. The SMILES string of the molecule is CC(C)NC(N)=NCc1ccnc(OC2CCC2)c1.I. The molecule has 0 unspecified atom stereocenters. The summed E-state index contributed by atoms with van der Waals surface area (Å²) in [5.74, 6) is 1.15. The molecule has 0 aromatic carbocycles. The first-order valence-corrected chi connectivity index (χ1v) is 6.81. The van der Waals surface area contributed by atoms with Crippen LogP contribution < -0.4 is 15.8 Å². The van der Waals surface area contributed by atoms with E-state index >= 15 is 0 Å². The number of guanidine groups is 1. The Morgan fingerprint density at radius 1 is 1.55 bits per heavy atom. The number of aliphatic imine (C=N–C) groups is 1. The highest BCUT2D eigenvalue weighted by atomic mass is 127. The molecule has 0 atom stereocenters. The van der Waals surface area contributed by atoms with Crippen LogP contribution in [0.2, 0.25) is 0 Å². The number of nitrogens with zero attached hydrogens (tertiary/aromatic N) is 2. The van der Waals surface area contributed by atoms with Crippen molar-refractivity contribution in [3.05, 3.63) is 23.9 Å². The molecule has 0 bridgehead atoms. The topological polar surface area (TPSA) is 72.5 Å². The van der Waals surface area contributed by atoms with Gasteiger partial charge in [-0.2, -0.15) is 0 Å². The molecule has 20 heavy (non-hydrogen) atoms. The summed E-state index contributed by atoms with van der Waals surface area (Å²) in [6.07, 6.45) is 5.63. The zero-order valence-corrected chi connectivity index (χ0v) is 14.3. The zero-order chi connectivity index (χ0) is 13.7. The van der Waals surface area contributed by atoms with Crippen molar-refractivity contribution in [2.24, 2.45) is 10.7 Å². The van der Waals surface area contributed by atoms with Gasteiger partial charge in [-0.25, -0.2) is 9.98 Å². The minimum absolute atomic E-state index is 0. The molecule has 5 nitrogen and oxygen atoms in total. The monoisotopic (exact) mass is 390 g/mol. The van der Waals surface area contributed by atoms with E-state index in [4.69, 9.17) is 10.5 Å². The average molecular weight is 390 g/mol. The molecule has 2 rings (SSSR count). The minimum Gasteiger partial charge on any atom is -0.474 e. The molecule has 0 saturated heterocycles. The molecule has 1 saturated carbocycles. The molecule has 3 N–H and O–H groups in total. The summed E-state index contributed by atoms with van der Waals surface area (Å²) in [6, 6.07) is 4.16. The Bertz CT molecular complexity index is 447. The van der Waals surface area contributed by atoms with Crippen molar-refractivity contribution in [3.8, 4) is 5.88 Å². The van der Waals surface area contributed by atoms with Gasteiger partial charge in [-0.1, -0.05) is 0 Å². The summed E-state index contributed by atoms with van der Waals surface area (Å²) in [7, 11) is 0. The van der Waals surface area contributed by atoms with Crippen LogP contribution in [0, 0.1) is 0 Å². The van der Waals surface area contributed by atoms with Crippen LogP contribution in [0.4, 0.5) is 0 Å². The van der Waals surface area contributed by atoms with Gasteiger partial charge in [0.05, 0.1) is 6.54 Å². The standard InChI is InChI=1S/C14H22N4O.HI/c1-10(2)18-14(15)17-9-11-6-7-16-13(8-11)19-12-4-3-5-12;/h6-8,10,12H,3-5,9H2,1-2H3,(H3,15,17,18);1H. The number of rotatable bonds is 5. The Morgan fingerprint density at radius 3 is 2.90 bits per heavy atom. The number of aromatic nitrogens is 1. The summed E-state index contributed by atoms with van der Waals surface area (Å²) in [6.45, 7) is 4.59. The highest BCUT2D eigenvalue weighted by Crippen LogP contribution is 2.24. The third-order valence-corrected chi connectivity index (χ3v) is 3.01.